The second-order valence-electron chi connectivity index (χ2n) is 3.48. The van der Waals surface area contributed by atoms with Crippen LogP contribution in [0.3, 0.4) is 0 Å². The molecule has 0 saturated carbocycles. The van der Waals surface area contributed by atoms with Gasteiger partial charge in [-0.2, -0.15) is 0 Å². The lowest BCUT2D eigenvalue weighted by atomic mass is 10.1. The van der Waals surface area contributed by atoms with Crippen LogP contribution in [-0.2, 0) is 4.74 Å². The number of phenols is 1. The third kappa shape index (κ3) is 1.32. The molecule has 5 heteroatoms. The van der Waals surface area contributed by atoms with Crippen LogP contribution in [0.2, 0.25) is 0 Å². The Morgan fingerprint density at radius 2 is 2.12 bits per heavy atom. The predicted octanol–water partition coefficient (Wildman–Crippen LogP) is 1.26. The molecular weight excluding hydrogens is 212 g/mol. The van der Waals surface area contributed by atoms with Gasteiger partial charge in [-0.25, -0.2) is 0 Å². The zero-order chi connectivity index (χ0) is 11.9. The van der Waals surface area contributed by atoms with Gasteiger partial charge in [0.2, 0.25) is 5.78 Å². The average molecular weight is 224 g/mol. The van der Waals surface area contributed by atoms with Gasteiger partial charge in [0.05, 0.1) is 7.11 Å². The van der Waals surface area contributed by atoms with Gasteiger partial charge in [-0.1, -0.05) is 0 Å². The summed E-state index contributed by atoms with van der Waals surface area (Å²) < 4.78 is 15.2. The fourth-order valence-electron chi connectivity index (χ4n) is 1.75. The molecule has 0 amide bonds. The molecule has 0 bridgehead atoms. The van der Waals surface area contributed by atoms with Crippen LogP contribution in [-0.4, -0.2) is 31.4 Å². The minimum Gasteiger partial charge on any atom is -0.507 e. The highest BCUT2D eigenvalue weighted by molar-refractivity contribution is 6.06. The monoisotopic (exact) mass is 224 g/mol. The van der Waals surface area contributed by atoms with Crippen LogP contribution in [0.5, 0.6) is 17.2 Å². The number of benzene rings is 1. The Bertz CT molecular complexity index is 452. The summed E-state index contributed by atoms with van der Waals surface area (Å²) in [5.74, 6) is 0.275. The van der Waals surface area contributed by atoms with Crippen LogP contribution in [0, 0.1) is 6.92 Å². The summed E-state index contributed by atoms with van der Waals surface area (Å²) in [6, 6.07) is 1.40. The number of hydrogen-bond donors (Lipinski definition) is 1. The van der Waals surface area contributed by atoms with E-state index in [0.717, 1.165) is 0 Å². The van der Waals surface area contributed by atoms with Crippen LogP contribution < -0.4 is 9.47 Å². The summed E-state index contributed by atoms with van der Waals surface area (Å²) in [5.41, 5.74) is 0.827. The molecule has 0 spiro atoms. The normalized spacial score (nSPS) is 18.2. The van der Waals surface area contributed by atoms with E-state index in [0.29, 0.717) is 17.1 Å². The number of aromatic hydroxyl groups is 1. The molecule has 1 heterocycles. The molecule has 0 saturated heterocycles. The number of fused-ring (bicyclic) bond motifs is 1. The van der Waals surface area contributed by atoms with E-state index in [4.69, 9.17) is 14.2 Å². The highest BCUT2D eigenvalue weighted by Crippen LogP contribution is 2.43. The Hall–Kier alpha value is -1.75. The fourth-order valence-corrected chi connectivity index (χ4v) is 1.75. The highest BCUT2D eigenvalue weighted by atomic mass is 16.7. The van der Waals surface area contributed by atoms with Crippen LogP contribution in [0.15, 0.2) is 6.07 Å². The molecule has 0 radical (unpaired) electrons. The Morgan fingerprint density at radius 3 is 2.69 bits per heavy atom. The van der Waals surface area contributed by atoms with Crippen molar-refractivity contribution in [2.75, 3.05) is 14.2 Å². The molecule has 0 fully saturated rings. The topological polar surface area (TPSA) is 65.0 Å². The van der Waals surface area contributed by atoms with Gasteiger partial charge in [0.15, 0.2) is 0 Å². The molecule has 16 heavy (non-hydrogen) atoms. The number of carbonyl (C=O) groups excluding carboxylic acids is 1. The lowest BCUT2D eigenvalue weighted by Crippen LogP contribution is -2.22. The predicted molar refractivity (Wildman–Crippen MR) is 55.2 cm³/mol. The number of ether oxygens (including phenoxy) is 3. The SMILES string of the molecule is COc1cc(O)c2c(c1C)OC(OC)C2=O. The molecule has 0 aromatic heterocycles. The number of methoxy groups -OCH3 is 2. The second-order valence-corrected chi connectivity index (χ2v) is 3.48. The quantitative estimate of drug-likeness (QED) is 0.819. The Morgan fingerprint density at radius 1 is 1.44 bits per heavy atom. The number of ketones is 1. The van der Waals surface area contributed by atoms with Crippen molar-refractivity contribution in [2.24, 2.45) is 0 Å². The molecule has 86 valence electrons. The number of Topliss-reactive ketones (excluding diaryl/α,β-unsaturated/α-hetero) is 1. The second kappa shape index (κ2) is 3.68. The van der Waals surface area contributed by atoms with Crippen molar-refractivity contribution in [3.8, 4) is 17.2 Å². The van der Waals surface area contributed by atoms with E-state index < -0.39 is 6.29 Å². The van der Waals surface area contributed by atoms with Gasteiger partial charge in [0.1, 0.15) is 22.8 Å². The van der Waals surface area contributed by atoms with E-state index in [1.165, 1.54) is 20.3 Å². The Labute approximate surface area is 92.5 Å². The Balaban J connectivity index is 2.61. The zero-order valence-electron chi connectivity index (χ0n) is 9.23. The van der Waals surface area contributed by atoms with Crippen molar-refractivity contribution in [3.63, 3.8) is 0 Å². The minimum absolute atomic E-state index is 0.151. The van der Waals surface area contributed by atoms with Crippen molar-refractivity contribution in [3.05, 3.63) is 17.2 Å². The van der Waals surface area contributed by atoms with Crippen LogP contribution in [0.25, 0.3) is 0 Å². The third-order valence-electron chi connectivity index (χ3n) is 2.58. The van der Waals surface area contributed by atoms with Crippen molar-refractivity contribution in [1.29, 1.82) is 0 Å². The Kier molecular flexibility index (Phi) is 2.47. The number of phenolic OH excluding ortho intramolecular Hbond substituents is 1. The third-order valence-corrected chi connectivity index (χ3v) is 2.58. The first-order chi connectivity index (χ1) is 7.60. The number of rotatable bonds is 2. The summed E-state index contributed by atoms with van der Waals surface area (Å²) in [5, 5.41) is 9.72. The van der Waals surface area contributed by atoms with Crippen LogP contribution >= 0.6 is 0 Å². The van der Waals surface area contributed by atoms with E-state index in [1.807, 2.05) is 0 Å². The van der Waals surface area contributed by atoms with Gasteiger partial charge in [-0.3, -0.25) is 4.79 Å². The van der Waals surface area contributed by atoms with Crippen molar-refractivity contribution >= 4 is 5.78 Å². The van der Waals surface area contributed by atoms with Gasteiger partial charge in [-0.05, 0) is 6.92 Å². The van der Waals surface area contributed by atoms with Crippen LogP contribution in [0.4, 0.5) is 0 Å². The maximum absolute atomic E-state index is 11.7. The summed E-state index contributed by atoms with van der Waals surface area (Å²) in [6.45, 7) is 1.75. The van der Waals surface area contributed by atoms with Gasteiger partial charge in [0.25, 0.3) is 6.29 Å². The first-order valence-electron chi connectivity index (χ1n) is 4.74. The van der Waals surface area contributed by atoms with Crippen molar-refractivity contribution < 1.29 is 24.1 Å². The highest BCUT2D eigenvalue weighted by Gasteiger charge is 2.37. The molecular formula is C11H12O5. The van der Waals surface area contributed by atoms with E-state index in [2.05, 4.69) is 0 Å². The molecule has 1 N–H and O–H groups in total. The molecule has 1 aromatic carbocycles. The maximum atomic E-state index is 11.7. The lowest BCUT2D eigenvalue weighted by molar-refractivity contribution is -0.0218. The summed E-state index contributed by atoms with van der Waals surface area (Å²) in [6.07, 6.45) is -0.980. The molecule has 1 aliphatic heterocycles. The van der Waals surface area contributed by atoms with Gasteiger partial charge < -0.3 is 19.3 Å². The van der Waals surface area contributed by atoms with Crippen molar-refractivity contribution in [2.45, 2.75) is 13.2 Å². The standard InChI is InChI=1S/C11H12O5/c1-5-7(14-2)4-6(12)8-9(13)11(15-3)16-10(5)8/h4,11-12H,1-3H3. The van der Waals surface area contributed by atoms with Gasteiger partial charge in [-0.15, -0.1) is 0 Å². The minimum atomic E-state index is -0.980. The zero-order valence-corrected chi connectivity index (χ0v) is 9.23. The number of carbonyl (C=O) groups is 1. The van der Waals surface area contributed by atoms with Gasteiger partial charge in [0, 0.05) is 18.7 Å². The number of hydrogen-bond acceptors (Lipinski definition) is 5. The lowest BCUT2D eigenvalue weighted by Gasteiger charge is -2.10. The van der Waals surface area contributed by atoms with E-state index >= 15 is 0 Å². The van der Waals surface area contributed by atoms with Crippen LogP contribution in [0.1, 0.15) is 15.9 Å². The molecule has 1 atom stereocenters. The van der Waals surface area contributed by atoms with Crippen molar-refractivity contribution in [1.82, 2.24) is 0 Å². The molecule has 1 unspecified atom stereocenters. The smallest absolute Gasteiger partial charge is 0.264 e. The first kappa shape index (κ1) is 10.8. The summed E-state index contributed by atoms with van der Waals surface area (Å²) >= 11 is 0. The van der Waals surface area contributed by atoms with E-state index in [9.17, 15) is 9.90 Å². The molecule has 0 aliphatic carbocycles. The van der Waals surface area contributed by atoms with E-state index in [-0.39, 0.29) is 17.1 Å². The average Bonchev–Trinajstić information content (AvgIpc) is 2.61. The molecule has 1 aliphatic rings. The largest absolute Gasteiger partial charge is 0.507 e. The molecule has 1 aromatic rings. The molecule has 5 nitrogen and oxygen atoms in total. The molecule has 2 rings (SSSR count). The van der Waals surface area contributed by atoms with E-state index in [1.54, 1.807) is 6.92 Å². The summed E-state index contributed by atoms with van der Waals surface area (Å²) in [4.78, 5) is 11.7. The fraction of sp³-hybridized carbons (Fsp3) is 0.364. The maximum Gasteiger partial charge on any atom is 0.264 e. The van der Waals surface area contributed by atoms with Gasteiger partial charge >= 0.3 is 0 Å². The summed E-state index contributed by atoms with van der Waals surface area (Å²) in [7, 11) is 2.86. The first-order valence-corrected chi connectivity index (χ1v) is 4.74.